The summed E-state index contributed by atoms with van der Waals surface area (Å²) in [6, 6.07) is 0. The van der Waals surface area contributed by atoms with Crippen molar-refractivity contribution in [3.05, 3.63) is 0 Å². The predicted molar refractivity (Wildman–Crippen MR) is 61.4 cm³/mol. The third kappa shape index (κ3) is 4.39. The normalized spacial score (nSPS) is 20.5. The Morgan fingerprint density at radius 3 is 1.83 bits per heavy atom. The van der Waals surface area contributed by atoms with Gasteiger partial charge in [-0.1, -0.05) is 0 Å². The fraction of sp³-hybridized carbons (Fsp3) is 1.00. The van der Waals surface area contributed by atoms with Crippen LogP contribution in [0.3, 0.4) is 0 Å². The maximum absolute atomic E-state index is 13.3. The Morgan fingerprint density at radius 1 is 1.00 bits per heavy atom. The number of rotatable bonds is 7. The number of nitrogens with zero attached hydrogens (tertiary/aromatic N) is 1. The van der Waals surface area contributed by atoms with Gasteiger partial charge in [-0.05, 0) is 0 Å². The lowest BCUT2D eigenvalue weighted by molar-refractivity contribution is -0.942. The molecule has 0 N–H and O–H groups in total. The van der Waals surface area contributed by atoms with Gasteiger partial charge in [0.15, 0.2) is 6.23 Å². The van der Waals surface area contributed by atoms with Crippen molar-refractivity contribution < 1.29 is 68.3 Å². The SMILES string of the molecule is CC(OCC(F)(F)C(F)(F)C(F)(F)C(F)F)[N+]1(C)CCCC1.[I-]. The minimum absolute atomic E-state index is 0. The first kappa shape index (κ1) is 23.1. The van der Waals surface area contributed by atoms with E-state index < -0.39 is 37.0 Å². The lowest BCUT2D eigenvalue weighted by Gasteiger charge is -2.37. The molecule has 1 atom stereocenters. The Bertz CT molecular complexity index is 387. The molecule has 0 spiro atoms. The zero-order chi connectivity index (χ0) is 17.4. The summed E-state index contributed by atoms with van der Waals surface area (Å²) >= 11 is 0. The summed E-state index contributed by atoms with van der Waals surface area (Å²) in [5.74, 6) is -17.8. The van der Waals surface area contributed by atoms with E-state index in [9.17, 15) is 35.1 Å². The molecular weight excluding hydrogens is 453 g/mol. The highest BCUT2D eigenvalue weighted by Crippen LogP contribution is 2.48. The van der Waals surface area contributed by atoms with E-state index in [0.717, 1.165) is 12.8 Å². The zero-order valence-corrected chi connectivity index (χ0v) is 14.6. The van der Waals surface area contributed by atoms with Gasteiger partial charge < -0.3 is 33.2 Å². The van der Waals surface area contributed by atoms with Gasteiger partial charge in [0, 0.05) is 19.8 Å². The summed E-state index contributed by atoms with van der Waals surface area (Å²) in [6.07, 6.45) is -4.27. The van der Waals surface area contributed by atoms with Crippen LogP contribution in [0.15, 0.2) is 0 Å². The van der Waals surface area contributed by atoms with Crippen LogP contribution in [-0.2, 0) is 4.74 Å². The van der Waals surface area contributed by atoms with Gasteiger partial charge in [0.2, 0.25) is 0 Å². The standard InChI is InChI=1S/C12H18F8NO.HI/c1-8(21(2)5-3-4-6-21)22-7-10(15,16)12(19,20)11(17,18)9(13)14;/h8-9H,3-7H2,1-2H3;1H/q+1;/p-1. The first-order valence-corrected chi connectivity index (χ1v) is 6.65. The van der Waals surface area contributed by atoms with Gasteiger partial charge >= 0.3 is 24.2 Å². The second kappa shape index (κ2) is 7.54. The van der Waals surface area contributed by atoms with Crippen LogP contribution in [0.5, 0.6) is 0 Å². The van der Waals surface area contributed by atoms with Crippen molar-refractivity contribution in [2.24, 2.45) is 0 Å². The van der Waals surface area contributed by atoms with E-state index >= 15 is 0 Å². The van der Waals surface area contributed by atoms with E-state index in [1.807, 2.05) is 0 Å². The molecule has 0 bridgehead atoms. The summed E-state index contributed by atoms with van der Waals surface area (Å²) in [7, 11) is 1.65. The number of quaternary nitrogens is 1. The van der Waals surface area contributed by atoms with E-state index in [1.54, 1.807) is 7.05 Å². The molecule has 1 aliphatic rings. The van der Waals surface area contributed by atoms with Crippen molar-refractivity contribution >= 4 is 0 Å². The highest BCUT2D eigenvalue weighted by Gasteiger charge is 2.75. The third-order valence-electron chi connectivity index (χ3n) is 4.12. The minimum atomic E-state index is -6.21. The monoisotopic (exact) mass is 471 g/mol. The average Bonchev–Trinajstić information content (AvgIpc) is 2.83. The van der Waals surface area contributed by atoms with Crippen LogP contribution in [0.25, 0.3) is 0 Å². The van der Waals surface area contributed by atoms with Crippen LogP contribution in [0.1, 0.15) is 19.8 Å². The lowest BCUT2D eigenvalue weighted by atomic mass is 10.1. The predicted octanol–water partition coefficient (Wildman–Crippen LogP) is 0.764. The summed E-state index contributed by atoms with van der Waals surface area (Å²) in [6.45, 7) is 0.425. The topological polar surface area (TPSA) is 9.23 Å². The number of ether oxygens (including phenoxy) is 1. The summed E-state index contributed by atoms with van der Waals surface area (Å²) in [5, 5.41) is 0. The molecule has 11 heteroatoms. The lowest BCUT2D eigenvalue weighted by Crippen LogP contribution is -3.00. The van der Waals surface area contributed by atoms with E-state index in [-0.39, 0.29) is 28.5 Å². The van der Waals surface area contributed by atoms with Gasteiger partial charge in [0.1, 0.15) is 6.61 Å². The highest BCUT2D eigenvalue weighted by molar-refractivity contribution is 4.97. The smallest absolute Gasteiger partial charge is 0.380 e. The first-order valence-electron chi connectivity index (χ1n) is 6.65. The third-order valence-corrected chi connectivity index (χ3v) is 4.12. The Morgan fingerprint density at radius 2 is 1.43 bits per heavy atom. The average molecular weight is 471 g/mol. The molecule has 0 aliphatic carbocycles. The molecule has 0 saturated carbocycles. The molecule has 0 aromatic heterocycles. The second-order valence-corrected chi connectivity index (χ2v) is 5.75. The second-order valence-electron chi connectivity index (χ2n) is 5.75. The van der Waals surface area contributed by atoms with E-state index in [0.29, 0.717) is 13.1 Å². The van der Waals surface area contributed by atoms with Crippen LogP contribution < -0.4 is 24.0 Å². The van der Waals surface area contributed by atoms with Crippen molar-refractivity contribution in [2.75, 3.05) is 26.7 Å². The van der Waals surface area contributed by atoms with Gasteiger partial charge in [-0.25, -0.2) is 8.78 Å². The molecule has 0 aromatic rings. The maximum atomic E-state index is 13.3. The van der Waals surface area contributed by atoms with Gasteiger partial charge in [-0.15, -0.1) is 0 Å². The largest absolute Gasteiger partial charge is 1.00 e. The summed E-state index contributed by atoms with van der Waals surface area (Å²) in [4.78, 5) is 0. The molecular formula is C12H18F8INO. The Balaban J connectivity index is 0.00000484. The van der Waals surface area contributed by atoms with E-state index in [1.165, 1.54) is 6.92 Å². The Kier molecular flexibility index (Phi) is 7.57. The van der Waals surface area contributed by atoms with Crippen LogP contribution in [-0.4, -0.2) is 61.6 Å². The first-order chi connectivity index (χ1) is 9.78. The summed E-state index contributed by atoms with van der Waals surface area (Å²) < 4.78 is 107. The van der Waals surface area contributed by atoms with Crippen LogP contribution >= 0.6 is 0 Å². The number of likely N-dealkylation sites (tertiary alicyclic amines) is 1. The quantitative estimate of drug-likeness (QED) is 0.303. The maximum Gasteiger partial charge on any atom is 0.380 e. The molecule has 1 rings (SSSR count). The van der Waals surface area contributed by atoms with Crippen LogP contribution in [0.4, 0.5) is 35.1 Å². The van der Waals surface area contributed by atoms with Crippen LogP contribution in [0.2, 0.25) is 0 Å². The number of alkyl halides is 8. The van der Waals surface area contributed by atoms with Gasteiger partial charge in [-0.2, -0.15) is 26.3 Å². The molecule has 1 aliphatic heterocycles. The molecule has 1 unspecified atom stereocenters. The molecule has 140 valence electrons. The number of hydrogen-bond donors (Lipinski definition) is 0. The molecule has 0 radical (unpaired) electrons. The van der Waals surface area contributed by atoms with E-state index in [4.69, 9.17) is 0 Å². The summed E-state index contributed by atoms with van der Waals surface area (Å²) in [5.41, 5.74) is 0. The Labute approximate surface area is 145 Å². The molecule has 0 aromatic carbocycles. The highest BCUT2D eigenvalue weighted by atomic mass is 127. The molecule has 23 heavy (non-hydrogen) atoms. The van der Waals surface area contributed by atoms with Crippen molar-refractivity contribution in [1.29, 1.82) is 0 Å². The van der Waals surface area contributed by atoms with Gasteiger partial charge in [0.05, 0.1) is 20.1 Å². The molecule has 0 amide bonds. The van der Waals surface area contributed by atoms with Crippen molar-refractivity contribution in [3.8, 4) is 0 Å². The van der Waals surface area contributed by atoms with Gasteiger partial charge in [-0.3, -0.25) is 0 Å². The van der Waals surface area contributed by atoms with Crippen molar-refractivity contribution in [2.45, 2.75) is 50.2 Å². The van der Waals surface area contributed by atoms with E-state index in [2.05, 4.69) is 4.74 Å². The molecule has 2 nitrogen and oxygen atoms in total. The fourth-order valence-corrected chi connectivity index (χ4v) is 2.30. The molecule has 1 fully saturated rings. The number of halogens is 9. The molecule has 1 saturated heterocycles. The van der Waals surface area contributed by atoms with Crippen molar-refractivity contribution in [3.63, 3.8) is 0 Å². The fourth-order valence-electron chi connectivity index (χ4n) is 2.30. The zero-order valence-electron chi connectivity index (χ0n) is 12.4. The van der Waals surface area contributed by atoms with Crippen molar-refractivity contribution in [1.82, 2.24) is 0 Å². The Hall–Kier alpha value is 0.0900. The molecule has 1 heterocycles. The number of hydrogen-bond acceptors (Lipinski definition) is 1. The van der Waals surface area contributed by atoms with Crippen LogP contribution in [0, 0.1) is 0 Å². The van der Waals surface area contributed by atoms with Gasteiger partial charge in [0.25, 0.3) is 0 Å². The minimum Gasteiger partial charge on any atom is -1.00 e.